The van der Waals surface area contributed by atoms with E-state index in [4.69, 9.17) is 11.6 Å². The lowest BCUT2D eigenvalue weighted by molar-refractivity contribution is -0.387. The molecule has 1 aromatic heterocycles. The summed E-state index contributed by atoms with van der Waals surface area (Å²) in [6.07, 6.45) is 1.59. The number of anilines is 1. The Hall–Kier alpha value is -4.49. The van der Waals surface area contributed by atoms with E-state index in [2.05, 4.69) is 20.6 Å². The molecule has 0 bridgehead atoms. The van der Waals surface area contributed by atoms with Crippen LogP contribution in [-0.2, 0) is 4.79 Å². The van der Waals surface area contributed by atoms with Crippen LogP contribution in [0.25, 0.3) is 16.3 Å². The molecule has 1 aliphatic rings. The van der Waals surface area contributed by atoms with Gasteiger partial charge in [0.05, 0.1) is 30.6 Å². The highest BCUT2D eigenvalue weighted by atomic mass is 35.5. The van der Waals surface area contributed by atoms with Gasteiger partial charge in [-0.3, -0.25) is 19.7 Å². The van der Waals surface area contributed by atoms with Crippen molar-refractivity contribution in [3.63, 3.8) is 0 Å². The van der Waals surface area contributed by atoms with Gasteiger partial charge in [-0.2, -0.15) is 0 Å². The molecule has 0 radical (unpaired) electrons. The summed E-state index contributed by atoms with van der Waals surface area (Å²) in [6.45, 7) is 1.96. The number of benzene rings is 4. The lowest BCUT2D eigenvalue weighted by atomic mass is 10.1. The molecule has 13 heteroatoms. The number of thiazole rings is 1. The topological polar surface area (TPSA) is 127 Å². The minimum Gasteiger partial charge on any atom is -0.322 e. The summed E-state index contributed by atoms with van der Waals surface area (Å²) in [5, 5.41) is 18.6. The number of nitro benzene ring substituents is 1. The first-order chi connectivity index (χ1) is 21.2. The molecule has 0 unspecified atom stereocenters. The maximum Gasteiger partial charge on any atom is 0.283 e. The van der Waals surface area contributed by atoms with Crippen molar-refractivity contribution >= 4 is 96.8 Å². The summed E-state index contributed by atoms with van der Waals surface area (Å²) in [4.78, 5) is 46.5. The second-order valence-electron chi connectivity index (χ2n) is 9.53. The maximum absolute atomic E-state index is 12.6. The molecule has 2 N–H and O–H groups in total. The standard InChI is InChI=1S/C31H20ClN5O4S3/c1-17-2-5-19(6-3-17)28(38)33-22-11-12-23-26(16-22)44-31(35-23)43-25-13-4-18(14-24(25)37(40)41)15-27-29(39)36-30(42-27)34-21-9-7-20(32)8-10-21/h2-16H,1H3,(H,33,38)(H,34,36,39)/b27-15-. The van der Waals surface area contributed by atoms with Gasteiger partial charge in [-0.1, -0.05) is 47.1 Å². The maximum atomic E-state index is 12.6. The fraction of sp³-hybridized carbons (Fsp3) is 0.0323. The van der Waals surface area contributed by atoms with Crippen molar-refractivity contribution < 1.29 is 14.5 Å². The minimum atomic E-state index is -0.453. The molecule has 1 aliphatic heterocycles. The largest absolute Gasteiger partial charge is 0.322 e. The Kier molecular flexibility index (Phi) is 8.49. The minimum absolute atomic E-state index is 0.104. The number of fused-ring (bicyclic) bond motifs is 1. The number of thioether (sulfide) groups is 1. The molecule has 9 nitrogen and oxygen atoms in total. The molecular formula is C31H20ClN5O4S3. The van der Waals surface area contributed by atoms with Crippen LogP contribution in [0.1, 0.15) is 21.5 Å². The van der Waals surface area contributed by atoms with Crippen molar-refractivity contribution in [1.82, 2.24) is 10.3 Å². The molecule has 1 fully saturated rings. The van der Waals surface area contributed by atoms with Crippen LogP contribution in [0.15, 0.2) is 104 Å². The van der Waals surface area contributed by atoms with E-state index in [-0.39, 0.29) is 17.5 Å². The summed E-state index contributed by atoms with van der Waals surface area (Å²) in [6, 6.07) is 24.4. The number of amides is 2. The Morgan fingerprint density at radius 3 is 2.59 bits per heavy atom. The van der Waals surface area contributed by atoms with Gasteiger partial charge < -0.3 is 10.6 Å². The highest BCUT2D eigenvalue weighted by Crippen LogP contribution is 2.40. The van der Waals surface area contributed by atoms with Gasteiger partial charge in [0.2, 0.25) is 0 Å². The van der Waals surface area contributed by atoms with Crippen LogP contribution in [0.3, 0.4) is 0 Å². The Bertz CT molecular complexity index is 2010. The van der Waals surface area contributed by atoms with Gasteiger partial charge in [0.1, 0.15) is 0 Å². The van der Waals surface area contributed by atoms with Crippen molar-refractivity contribution in [2.75, 3.05) is 5.32 Å². The second-order valence-corrected chi connectivity index (χ2v) is 13.3. The molecular weight excluding hydrogens is 638 g/mol. The number of aliphatic imine (C=N–C) groups is 1. The zero-order chi connectivity index (χ0) is 30.8. The molecule has 2 amide bonds. The predicted octanol–water partition coefficient (Wildman–Crippen LogP) is 8.46. The summed E-state index contributed by atoms with van der Waals surface area (Å²) in [5.41, 5.74) is 4.00. The fourth-order valence-corrected chi connectivity index (χ4v) is 7.26. The van der Waals surface area contributed by atoms with E-state index in [9.17, 15) is 19.7 Å². The van der Waals surface area contributed by atoms with Gasteiger partial charge in [0.15, 0.2) is 9.51 Å². The van der Waals surface area contributed by atoms with Crippen LogP contribution in [0, 0.1) is 17.0 Å². The Labute approximate surface area is 268 Å². The van der Waals surface area contributed by atoms with Crippen molar-refractivity contribution in [2.24, 2.45) is 4.99 Å². The number of amidine groups is 1. The first-order valence-electron chi connectivity index (χ1n) is 13.0. The monoisotopic (exact) mass is 657 g/mol. The number of aromatic nitrogens is 1. The number of rotatable bonds is 7. The molecule has 5 aromatic rings. The number of carbonyl (C=O) groups excluding carboxylic acids is 2. The number of hydrogen-bond donors (Lipinski definition) is 2. The summed E-state index contributed by atoms with van der Waals surface area (Å²) < 4.78 is 1.45. The van der Waals surface area contributed by atoms with Gasteiger partial charge in [-0.15, -0.1) is 11.3 Å². The Morgan fingerprint density at radius 1 is 1.07 bits per heavy atom. The summed E-state index contributed by atoms with van der Waals surface area (Å²) in [7, 11) is 0. The van der Waals surface area contributed by atoms with E-state index in [0.29, 0.717) is 46.8 Å². The molecule has 1 saturated heterocycles. The quantitative estimate of drug-likeness (QED) is 0.102. The normalized spacial score (nSPS) is 14.7. The molecule has 0 spiro atoms. The van der Waals surface area contributed by atoms with Gasteiger partial charge in [-0.05, 0) is 91.0 Å². The Balaban J connectivity index is 1.19. The van der Waals surface area contributed by atoms with Gasteiger partial charge in [0.25, 0.3) is 17.5 Å². The molecule has 2 heterocycles. The average molecular weight is 658 g/mol. The van der Waals surface area contributed by atoms with Crippen LogP contribution >= 0.6 is 46.5 Å². The molecule has 0 atom stereocenters. The number of carbonyl (C=O) groups is 2. The molecule has 6 rings (SSSR count). The third-order valence-corrected chi connectivity index (χ3v) is 9.63. The van der Waals surface area contributed by atoms with Crippen molar-refractivity contribution in [2.45, 2.75) is 16.2 Å². The van der Waals surface area contributed by atoms with E-state index >= 15 is 0 Å². The van der Waals surface area contributed by atoms with Crippen LogP contribution in [0.5, 0.6) is 0 Å². The van der Waals surface area contributed by atoms with E-state index in [1.807, 2.05) is 25.1 Å². The number of hydrogen-bond acceptors (Lipinski definition) is 9. The third kappa shape index (κ3) is 6.84. The van der Waals surface area contributed by atoms with E-state index in [1.165, 1.54) is 29.2 Å². The van der Waals surface area contributed by atoms with E-state index in [1.54, 1.807) is 66.7 Å². The molecule has 218 valence electrons. The highest BCUT2D eigenvalue weighted by molar-refractivity contribution is 8.18. The third-order valence-electron chi connectivity index (χ3n) is 6.32. The number of aryl methyl sites for hydroxylation is 1. The number of nitrogens with zero attached hydrogens (tertiary/aromatic N) is 3. The molecule has 0 saturated carbocycles. The predicted molar refractivity (Wildman–Crippen MR) is 178 cm³/mol. The summed E-state index contributed by atoms with van der Waals surface area (Å²) >= 11 is 9.63. The Morgan fingerprint density at radius 2 is 1.84 bits per heavy atom. The van der Waals surface area contributed by atoms with Crippen molar-refractivity contribution in [3.8, 4) is 0 Å². The van der Waals surface area contributed by atoms with Crippen molar-refractivity contribution in [1.29, 1.82) is 0 Å². The average Bonchev–Trinajstić information content (AvgIpc) is 3.56. The van der Waals surface area contributed by atoms with Crippen LogP contribution in [0.4, 0.5) is 17.1 Å². The lowest BCUT2D eigenvalue weighted by Crippen LogP contribution is -2.19. The van der Waals surface area contributed by atoms with E-state index in [0.717, 1.165) is 27.5 Å². The fourth-order valence-electron chi connectivity index (χ4n) is 4.15. The van der Waals surface area contributed by atoms with Crippen LogP contribution in [-0.4, -0.2) is 26.9 Å². The number of nitro groups is 1. The first-order valence-corrected chi connectivity index (χ1v) is 15.8. The van der Waals surface area contributed by atoms with Crippen LogP contribution < -0.4 is 10.6 Å². The SMILES string of the molecule is Cc1ccc(C(=O)Nc2ccc3nc(Sc4ccc(/C=C5\SC(=Nc6ccc(Cl)cc6)NC5=O)cc4[N+](=O)[O-])sc3c2)cc1. The zero-order valence-corrected chi connectivity index (χ0v) is 25.9. The highest BCUT2D eigenvalue weighted by Gasteiger charge is 2.25. The number of halogens is 1. The molecule has 44 heavy (non-hydrogen) atoms. The second kappa shape index (κ2) is 12.6. The van der Waals surface area contributed by atoms with E-state index < -0.39 is 4.92 Å². The van der Waals surface area contributed by atoms with Crippen LogP contribution in [0.2, 0.25) is 5.02 Å². The van der Waals surface area contributed by atoms with Gasteiger partial charge in [-0.25, -0.2) is 9.98 Å². The molecule has 4 aromatic carbocycles. The van der Waals surface area contributed by atoms with Crippen molar-refractivity contribution in [3.05, 3.63) is 122 Å². The van der Waals surface area contributed by atoms with Gasteiger partial charge in [0, 0.05) is 22.3 Å². The summed E-state index contributed by atoms with van der Waals surface area (Å²) in [5.74, 6) is -0.555. The van der Waals surface area contributed by atoms with Gasteiger partial charge >= 0.3 is 0 Å². The first kappa shape index (κ1) is 29.6. The zero-order valence-electron chi connectivity index (χ0n) is 22.7. The smallest absolute Gasteiger partial charge is 0.283 e. The number of nitrogens with one attached hydrogen (secondary N) is 2. The lowest BCUT2D eigenvalue weighted by Gasteiger charge is -2.05. The molecule has 0 aliphatic carbocycles.